The van der Waals surface area contributed by atoms with Gasteiger partial charge in [-0.3, -0.25) is 14.2 Å². The predicted octanol–water partition coefficient (Wildman–Crippen LogP) is 0.192. The van der Waals surface area contributed by atoms with Gasteiger partial charge < -0.3 is 15.6 Å². The summed E-state index contributed by atoms with van der Waals surface area (Å²) in [6, 6.07) is 4.94. The first kappa shape index (κ1) is 15.5. The van der Waals surface area contributed by atoms with E-state index in [4.69, 9.17) is 0 Å². The van der Waals surface area contributed by atoms with Crippen LogP contribution in [0.15, 0.2) is 27.8 Å². The minimum absolute atomic E-state index is 0.159. The molecule has 1 aromatic heterocycles. The summed E-state index contributed by atoms with van der Waals surface area (Å²) in [7, 11) is 0. The maximum atomic E-state index is 12.3. The summed E-state index contributed by atoms with van der Waals surface area (Å²) in [5, 5.41) is 6.65. The van der Waals surface area contributed by atoms with E-state index in [9.17, 15) is 14.4 Å². The Kier molecular flexibility index (Phi) is 4.29. The van der Waals surface area contributed by atoms with Crippen molar-refractivity contribution in [3.8, 4) is 0 Å². The number of carbonyl (C=O) groups excluding carboxylic acids is 1. The number of rotatable bonds is 3. The van der Waals surface area contributed by atoms with Gasteiger partial charge in [0.15, 0.2) is 0 Å². The Labute approximate surface area is 132 Å². The zero-order valence-corrected chi connectivity index (χ0v) is 13.0. The SMILES string of the molecule is CCn1c(=O)[nH]c2cc(C(=O)NC3CCNCC3)ccc2c1=O. The fourth-order valence-electron chi connectivity index (χ4n) is 2.92. The van der Waals surface area contributed by atoms with Crippen LogP contribution in [0.3, 0.4) is 0 Å². The van der Waals surface area contributed by atoms with E-state index in [0.29, 0.717) is 23.0 Å². The fourth-order valence-corrected chi connectivity index (χ4v) is 2.92. The first-order chi connectivity index (χ1) is 11.1. The van der Waals surface area contributed by atoms with Gasteiger partial charge >= 0.3 is 5.69 Å². The van der Waals surface area contributed by atoms with Crippen molar-refractivity contribution in [3.05, 3.63) is 44.6 Å². The molecule has 2 heterocycles. The third kappa shape index (κ3) is 3.05. The molecule has 0 aliphatic carbocycles. The van der Waals surface area contributed by atoms with Crippen molar-refractivity contribution in [3.63, 3.8) is 0 Å². The van der Waals surface area contributed by atoms with Gasteiger partial charge in [0.2, 0.25) is 0 Å². The third-order valence-corrected chi connectivity index (χ3v) is 4.23. The Morgan fingerprint density at radius 3 is 2.74 bits per heavy atom. The molecule has 0 bridgehead atoms. The molecule has 0 radical (unpaired) electrons. The van der Waals surface area contributed by atoms with Crippen LogP contribution in [0.1, 0.15) is 30.1 Å². The third-order valence-electron chi connectivity index (χ3n) is 4.23. The maximum Gasteiger partial charge on any atom is 0.328 e. The van der Waals surface area contributed by atoms with Crippen LogP contribution in [0, 0.1) is 0 Å². The quantitative estimate of drug-likeness (QED) is 0.753. The molecule has 7 nitrogen and oxygen atoms in total. The molecule has 23 heavy (non-hydrogen) atoms. The number of carbonyl (C=O) groups is 1. The number of nitrogens with zero attached hydrogens (tertiary/aromatic N) is 1. The Morgan fingerprint density at radius 2 is 2.04 bits per heavy atom. The lowest BCUT2D eigenvalue weighted by Gasteiger charge is -2.23. The number of aromatic amines is 1. The highest BCUT2D eigenvalue weighted by atomic mass is 16.2. The number of H-pyrrole nitrogens is 1. The molecule has 0 unspecified atom stereocenters. The molecule has 1 fully saturated rings. The van der Waals surface area contributed by atoms with E-state index in [1.807, 2.05) is 0 Å². The molecule has 1 saturated heterocycles. The number of hydrogen-bond acceptors (Lipinski definition) is 4. The van der Waals surface area contributed by atoms with Crippen molar-refractivity contribution >= 4 is 16.8 Å². The molecule has 122 valence electrons. The van der Waals surface area contributed by atoms with E-state index in [1.54, 1.807) is 25.1 Å². The Bertz CT molecular complexity index is 847. The van der Waals surface area contributed by atoms with Crippen LogP contribution in [-0.2, 0) is 6.54 Å². The van der Waals surface area contributed by atoms with Crippen LogP contribution in [0.25, 0.3) is 10.9 Å². The van der Waals surface area contributed by atoms with Gasteiger partial charge in [0.05, 0.1) is 10.9 Å². The summed E-state index contributed by atoms with van der Waals surface area (Å²) >= 11 is 0. The standard InChI is InChI=1S/C16H20N4O3/c1-2-20-15(22)12-4-3-10(9-13(12)19-16(20)23)14(21)18-11-5-7-17-8-6-11/h3-4,9,11,17H,2,5-8H2,1H3,(H,18,21)(H,19,23). The number of amides is 1. The summed E-state index contributed by atoms with van der Waals surface area (Å²) in [6.45, 7) is 3.84. The molecule has 7 heteroatoms. The number of benzene rings is 1. The predicted molar refractivity (Wildman–Crippen MR) is 87.9 cm³/mol. The van der Waals surface area contributed by atoms with Gasteiger partial charge in [0.25, 0.3) is 11.5 Å². The molecular formula is C16H20N4O3. The largest absolute Gasteiger partial charge is 0.349 e. The summed E-state index contributed by atoms with van der Waals surface area (Å²) in [5.41, 5.74) is 0.0421. The monoisotopic (exact) mass is 316 g/mol. The van der Waals surface area contributed by atoms with Crippen molar-refractivity contribution in [2.24, 2.45) is 0 Å². The number of aromatic nitrogens is 2. The van der Waals surface area contributed by atoms with Gasteiger partial charge in [-0.1, -0.05) is 0 Å². The first-order valence-electron chi connectivity index (χ1n) is 7.88. The average Bonchev–Trinajstić information content (AvgIpc) is 2.55. The normalized spacial score (nSPS) is 15.7. The van der Waals surface area contributed by atoms with E-state index in [0.717, 1.165) is 30.5 Å². The number of nitrogens with one attached hydrogen (secondary N) is 3. The Morgan fingerprint density at radius 1 is 1.30 bits per heavy atom. The van der Waals surface area contributed by atoms with Crippen molar-refractivity contribution in [1.82, 2.24) is 20.2 Å². The second-order valence-corrected chi connectivity index (χ2v) is 5.74. The highest BCUT2D eigenvalue weighted by molar-refractivity contribution is 5.97. The van der Waals surface area contributed by atoms with Gasteiger partial charge in [-0.2, -0.15) is 0 Å². The zero-order valence-electron chi connectivity index (χ0n) is 13.0. The Hall–Kier alpha value is -2.41. The molecule has 3 N–H and O–H groups in total. The molecule has 2 aromatic rings. The van der Waals surface area contributed by atoms with Gasteiger partial charge in [-0.05, 0) is 51.1 Å². The molecule has 3 rings (SSSR count). The lowest BCUT2D eigenvalue weighted by atomic mass is 10.1. The number of hydrogen-bond donors (Lipinski definition) is 3. The highest BCUT2D eigenvalue weighted by Crippen LogP contribution is 2.11. The topological polar surface area (TPSA) is 96.0 Å². The van der Waals surface area contributed by atoms with E-state index in [-0.39, 0.29) is 17.5 Å². The van der Waals surface area contributed by atoms with E-state index in [2.05, 4.69) is 15.6 Å². The van der Waals surface area contributed by atoms with Crippen molar-refractivity contribution in [1.29, 1.82) is 0 Å². The van der Waals surface area contributed by atoms with Gasteiger partial charge in [0, 0.05) is 18.2 Å². The average molecular weight is 316 g/mol. The molecular weight excluding hydrogens is 296 g/mol. The minimum atomic E-state index is -0.457. The second kappa shape index (κ2) is 6.37. The molecule has 1 aliphatic rings. The van der Waals surface area contributed by atoms with Crippen LogP contribution in [0.4, 0.5) is 0 Å². The summed E-state index contributed by atoms with van der Waals surface area (Å²) in [5.74, 6) is -0.181. The van der Waals surface area contributed by atoms with Gasteiger partial charge in [-0.25, -0.2) is 4.79 Å². The van der Waals surface area contributed by atoms with Crippen molar-refractivity contribution in [2.75, 3.05) is 13.1 Å². The van der Waals surface area contributed by atoms with Crippen LogP contribution < -0.4 is 21.9 Å². The van der Waals surface area contributed by atoms with Crippen LogP contribution in [0.2, 0.25) is 0 Å². The van der Waals surface area contributed by atoms with Crippen LogP contribution in [0.5, 0.6) is 0 Å². The van der Waals surface area contributed by atoms with Crippen LogP contribution >= 0.6 is 0 Å². The highest BCUT2D eigenvalue weighted by Gasteiger charge is 2.17. The number of fused-ring (bicyclic) bond motifs is 1. The fraction of sp³-hybridized carbons (Fsp3) is 0.438. The molecule has 0 spiro atoms. The molecule has 0 atom stereocenters. The van der Waals surface area contributed by atoms with E-state index >= 15 is 0 Å². The van der Waals surface area contributed by atoms with Crippen LogP contribution in [-0.4, -0.2) is 34.6 Å². The minimum Gasteiger partial charge on any atom is -0.349 e. The summed E-state index contributed by atoms with van der Waals surface area (Å²) < 4.78 is 1.14. The first-order valence-corrected chi connectivity index (χ1v) is 7.88. The molecule has 0 saturated carbocycles. The molecule has 1 aliphatic heterocycles. The molecule has 1 amide bonds. The lowest BCUT2D eigenvalue weighted by molar-refractivity contribution is 0.0929. The van der Waals surface area contributed by atoms with Gasteiger partial charge in [-0.15, -0.1) is 0 Å². The van der Waals surface area contributed by atoms with Gasteiger partial charge in [0.1, 0.15) is 0 Å². The van der Waals surface area contributed by atoms with E-state index in [1.165, 1.54) is 0 Å². The Balaban J connectivity index is 1.92. The zero-order chi connectivity index (χ0) is 16.4. The summed E-state index contributed by atoms with van der Waals surface area (Å²) in [4.78, 5) is 39.1. The maximum absolute atomic E-state index is 12.3. The second-order valence-electron chi connectivity index (χ2n) is 5.74. The van der Waals surface area contributed by atoms with E-state index < -0.39 is 5.69 Å². The van der Waals surface area contributed by atoms with Crippen molar-refractivity contribution < 1.29 is 4.79 Å². The number of piperidine rings is 1. The molecule has 1 aromatic carbocycles. The van der Waals surface area contributed by atoms with Crippen molar-refractivity contribution in [2.45, 2.75) is 32.4 Å². The summed E-state index contributed by atoms with van der Waals surface area (Å²) in [6.07, 6.45) is 1.80. The smallest absolute Gasteiger partial charge is 0.328 e. The lowest BCUT2D eigenvalue weighted by Crippen LogP contribution is -2.42.